The Kier molecular flexibility index (Phi) is 6.09. The third kappa shape index (κ3) is 5.31. The van der Waals surface area contributed by atoms with Gasteiger partial charge < -0.3 is 10.6 Å². The van der Waals surface area contributed by atoms with Crippen LogP contribution in [0.4, 0.5) is 11.4 Å². The van der Waals surface area contributed by atoms with Crippen molar-refractivity contribution in [2.24, 2.45) is 0 Å². The van der Waals surface area contributed by atoms with Crippen LogP contribution in [0.3, 0.4) is 0 Å². The molecule has 4 nitrogen and oxygen atoms in total. The van der Waals surface area contributed by atoms with E-state index in [9.17, 15) is 4.79 Å². The van der Waals surface area contributed by atoms with Crippen molar-refractivity contribution in [3.05, 3.63) is 88.2 Å². The fourth-order valence-corrected chi connectivity index (χ4v) is 2.94. The molecule has 2 aromatic carbocycles. The number of hydrogen-bond acceptors (Lipinski definition) is 3. The van der Waals surface area contributed by atoms with Gasteiger partial charge >= 0.3 is 0 Å². The van der Waals surface area contributed by atoms with Gasteiger partial charge in [0.1, 0.15) is 0 Å². The zero-order chi connectivity index (χ0) is 19.2. The highest BCUT2D eigenvalue weighted by Gasteiger charge is 2.08. The van der Waals surface area contributed by atoms with E-state index in [4.69, 9.17) is 11.6 Å². The molecule has 0 aliphatic rings. The fourth-order valence-electron chi connectivity index (χ4n) is 2.82. The summed E-state index contributed by atoms with van der Waals surface area (Å²) in [6, 6.07) is 15.6. The molecule has 0 aliphatic heterocycles. The smallest absolute Gasteiger partial charge is 0.252 e. The minimum absolute atomic E-state index is 0.138. The van der Waals surface area contributed by atoms with E-state index in [1.165, 1.54) is 5.56 Å². The average molecular weight is 380 g/mol. The number of carbonyl (C=O) groups excluding carboxylic acids is 1. The lowest BCUT2D eigenvalue weighted by atomic mass is 10.1. The number of rotatable bonds is 6. The Hall–Kier alpha value is -2.85. The minimum Gasteiger partial charge on any atom is -0.354 e. The molecule has 3 rings (SSSR count). The van der Waals surface area contributed by atoms with Gasteiger partial charge in [0.25, 0.3) is 5.91 Å². The Morgan fingerprint density at radius 3 is 2.56 bits per heavy atom. The molecule has 27 heavy (non-hydrogen) atoms. The maximum atomic E-state index is 12.4. The second-order valence-electron chi connectivity index (χ2n) is 6.54. The molecule has 1 amide bonds. The number of aromatic nitrogens is 1. The van der Waals surface area contributed by atoms with Crippen LogP contribution in [0.2, 0.25) is 5.02 Å². The highest BCUT2D eigenvalue weighted by atomic mass is 35.5. The van der Waals surface area contributed by atoms with Crippen LogP contribution in [-0.2, 0) is 6.42 Å². The Labute approximate surface area is 164 Å². The monoisotopic (exact) mass is 379 g/mol. The molecule has 0 bridgehead atoms. The molecule has 138 valence electrons. The van der Waals surface area contributed by atoms with E-state index in [1.54, 1.807) is 12.4 Å². The van der Waals surface area contributed by atoms with Crippen molar-refractivity contribution >= 4 is 28.9 Å². The average Bonchev–Trinajstić information content (AvgIpc) is 2.66. The number of aryl methyl sites for hydroxylation is 2. The van der Waals surface area contributed by atoms with Crippen LogP contribution < -0.4 is 10.6 Å². The van der Waals surface area contributed by atoms with Crippen LogP contribution in [0, 0.1) is 13.8 Å². The van der Waals surface area contributed by atoms with Crippen LogP contribution in [0.25, 0.3) is 0 Å². The van der Waals surface area contributed by atoms with Crippen LogP contribution in [-0.4, -0.2) is 17.4 Å². The molecule has 0 saturated heterocycles. The van der Waals surface area contributed by atoms with E-state index >= 15 is 0 Å². The van der Waals surface area contributed by atoms with Crippen molar-refractivity contribution in [2.45, 2.75) is 20.3 Å². The van der Waals surface area contributed by atoms with Gasteiger partial charge in [-0.05, 0) is 55.7 Å². The summed E-state index contributed by atoms with van der Waals surface area (Å²) >= 11 is 5.88. The molecule has 0 aliphatic carbocycles. The Morgan fingerprint density at radius 2 is 1.81 bits per heavy atom. The van der Waals surface area contributed by atoms with Gasteiger partial charge in [-0.3, -0.25) is 9.78 Å². The summed E-state index contributed by atoms with van der Waals surface area (Å²) in [7, 11) is 0. The number of halogens is 1. The number of nitrogens with zero attached hydrogens (tertiary/aromatic N) is 1. The topological polar surface area (TPSA) is 54.0 Å². The van der Waals surface area contributed by atoms with Crippen molar-refractivity contribution in [1.29, 1.82) is 0 Å². The molecule has 0 atom stereocenters. The van der Waals surface area contributed by atoms with Gasteiger partial charge in [-0.1, -0.05) is 41.4 Å². The molecule has 0 saturated carbocycles. The molecule has 5 heteroatoms. The first-order chi connectivity index (χ1) is 13.0. The first kappa shape index (κ1) is 18.9. The van der Waals surface area contributed by atoms with Gasteiger partial charge in [0.15, 0.2) is 0 Å². The van der Waals surface area contributed by atoms with E-state index in [2.05, 4.69) is 41.6 Å². The van der Waals surface area contributed by atoms with Crippen LogP contribution in [0.15, 0.2) is 60.9 Å². The number of anilines is 2. The van der Waals surface area contributed by atoms with Crippen molar-refractivity contribution in [3.63, 3.8) is 0 Å². The highest BCUT2D eigenvalue weighted by molar-refractivity contribution is 6.30. The molecule has 1 heterocycles. The van der Waals surface area contributed by atoms with Gasteiger partial charge in [-0.15, -0.1) is 0 Å². The Morgan fingerprint density at radius 1 is 1.04 bits per heavy atom. The largest absolute Gasteiger partial charge is 0.354 e. The quantitative estimate of drug-likeness (QED) is 0.628. The molecule has 0 unspecified atom stereocenters. The van der Waals surface area contributed by atoms with Crippen molar-refractivity contribution in [2.75, 3.05) is 11.9 Å². The third-order valence-corrected chi connectivity index (χ3v) is 4.53. The van der Waals surface area contributed by atoms with E-state index in [0.717, 1.165) is 28.9 Å². The van der Waals surface area contributed by atoms with Gasteiger partial charge in [-0.2, -0.15) is 0 Å². The lowest BCUT2D eigenvalue weighted by Crippen LogP contribution is -2.25. The fraction of sp³-hybridized carbons (Fsp3) is 0.182. The third-order valence-electron chi connectivity index (χ3n) is 4.27. The molecule has 1 aromatic heterocycles. The van der Waals surface area contributed by atoms with E-state index in [0.29, 0.717) is 17.1 Å². The first-order valence-corrected chi connectivity index (χ1v) is 9.21. The van der Waals surface area contributed by atoms with Crippen molar-refractivity contribution in [1.82, 2.24) is 10.3 Å². The van der Waals surface area contributed by atoms with Crippen LogP contribution >= 0.6 is 11.6 Å². The van der Waals surface area contributed by atoms with Gasteiger partial charge in [0.05, 0.1) is 17.4 Å². The first-order valence-electron chi connectivity index (χ1n) is 8.83. The molecular weight excluding hydrogens is 358 g/mol. The molecule has 2 N–H and O–H groups in total. The normalized spacial score (nSPS) is 10.5. The predicted octanol–water partition coefficient (Wildman–Crippen LogP) is 5.07. The van der Waals surface area contributed by atoms with Gasteiger partial charge in [0, 0.05) is 23.5 Å². The summed E-state index contributed by atoms with van der Waals surface area (Å²) in [5.74, 6) is -0.138. The van der Waals surface area contributed by atoms with Gasteiger partial charge in [0.2, 0.25) is 0 Å². The molecule has 0 radical (unpaired) electrons. The Balaban J connectivity index is 1.60. The Bertz CT molecular complexity index is 939. The van der Waals surface area contributed by atoms with Gasteiger partial charge in [-0.25, -0.2) is 0 Å². The van der Waals surface area contributed by atoms with Crippen molar-refractivity contribution < 1.29 is 4.79 Å². The van der Waals surface area contributed by atoms with E-state index < -0.39 is 0 Å². The predicted molar refractivity (Wildman–Crippen MR) is 111 cm³/mol. The SMILES string of the molecule is Cc1ccc(Nc2cncc(C(=O)NCCc3ccc(Cl)cc3)c2)c(C)c1. The second kappa shape index (κ2) is 8.69. The lowest BCUT2D eigenvalue weighted by Gasteiger charge is -2.11. The summed E-state index contributed by atoms with van der Waals surface area (Å²) in [5.41, 5.74) is 5.80. The molecule has 0 spiro atoms. The summed E-state index contributed by atoms with van der Waals surface area (Å²) in [6.07, 6.45) is 4.03. The molecule has 0 fully saturated rings. The molecular formula is C22H22ClN3O. The summed E-state index contributed by atoms with van der Waals surface area (Å²) < 4.78 is 0. The maximum Gasteiger partial charge on any atom is 0.252 e. The second-order valence-corrected chi connectivity index (χ2v) is 6.97. The van der Waals surface area contributed by atoms with Crippen LogP contribution in [0.1, 0.15) is 27.0 Å². The van der Waals surface area contributed by atoms with E-state index in [-0.39, 0.29) is 5.91 Å². The number of hydrogen-bond donors (Lipinski definition) is 2. The maximum absolute atomic E-state index is 12.4. The number of pyridine rings is 1. The number of amides is 1. The number of benzene rings is 2. The zero-order valence-corrected chi connectivity index (χ0v) is 16.2. The summed E-state index contributed by atoms with van der Waals surface area (Å²) in [6.45, 7) is 4.67. The number of carbonyl (C=O) groups is 1. The van der Waals surface area contributed by atoms with E-state index in [1.807, 2.05) is 36.4 Å². The number of nitrogens with one attached hydrogen (secondary N) is 2. The van der Waals surface area contributed by atoms with Crippen LogP contribution in [0.5, 0.6) is 0 Å². The lowest BCUT2D eigenvalue weighted by molar-refractivity contribution is 0.0954. The summed E-state index contributed by atoms with van der Waals surface area (Å²) in [4.78, 5) is 16.6. The minimum atomic E-state index is -0.138. The zero-order valence-electron chi connectivity index (χ0n) is 15.4. The molecule has 3 aromatic rings. The standard InChI is InChI=1S/C22H22ClN3O/c1-15-3-8-21(16(2)11-15)26-20-12-18(13-24-14-20)22(27)25-10-9-17-4-6-19(23)7-5-17/h3-8,11-14,26H,9-10H2,1-2H3,(H,25,27). The summed E-state index contributed by atoms with van der Waals surface area (Å²) in [5, 5.41) is 6.97. The highest BCUT2D eigenvalue weighted by Crippen LogP contribution is 2.21. The van der Waals surface area contributed by atoms with Crippen molar-refractivity contribution in [3.8, 4) is 0 Å².